The number of carboxylic acids is 1. The smallest absolute Gasteiger partial charge is 0.338 e. The van der Waals surface area contributed by atoms with Crippen molar-refractivity contribution in [1.82, 2.24) is 4.90 Å². The van der Waals surface area contributed by atoms with Crippen LogP contribution in [0.25, 0.3) is 5.57 Å². The molecule has 4 rings (SSSR count). The highest BCUT2D eigenvalue weighted by molar-refractivity contribution is 6.34. The highest BCUT2D eigenvalue weighted by Gasteiger charge is 2.38. The van der Waals surface area contributed by atoms with E-state index in [1.54, 1.807) is 6.07 Å². The number of rotatable bonds is 8. The normalized spacial score (nSPS) is 17.4. The molecule has 1 aliphatic heterocycles. The summed E-state index contributed by atoms with van der Waals surface area (Å²) >= 11 is 12.5. The van der Waals surface area contributed by atoms with E-state index in [0.29, 0.717) is 28.0 Å². The van der Waals surface area contributed by atoms with Crippen molar-refractivity contribution >= 4 is 34.7 Å². The summed E-state index contributed by atoms with van der Waals surface area (Å²) in [7, 11) is 0. The number of piperidine rings is 1. The van der Waals surface area contributed by atoms with Crippen LogP contribution in [-0.2, 0) is 0 Å². The van der Waals surface area contributed by atoms with Crippen molar-refractivity contribution in [1.29, 1.82) is 5.26 Å². The van der Waals surface area contributed by atoms with Crippen LogP contribution >= 0.6 is 23.2 Å². The van der Waals surface area contributed by atoms with Crippen molar-refractivity contribution in [3.63, 3.8) is 0 Å². The summed E-state index contributed by atoms with van der Waals surface area (Å²) in [5.41, 5.74) is 1.53. The molecule has 2 aliphatic rings. The van der Waals surface area contributed by atoms with Crippen molar-refractivity contribution in [2.24, 2.45) is 11.3 Å². The first kappa shape index (κ1) is 25.5. The largest absolute Gasteiger partial charge is 0.493 e. The Balaban J connectivity index is 1.45. The molecule has 2 aromatic carbocycles. The second-order valence-electron chi connectivity index (χ2n) is 9.80. The molecule has 1 unspecified atom stereocenters. The molecule has 0 aromatic heterocycles. The standard InChI is InChI=1S/C27H27Cl2FN2O3/c1-27(2,15-31)25(18-9-19(28)11-20(29)10-18)32-7-5-16(6-8-32)14-35-24-13-23(30)22(26(33)34)12-21(24)17-3-4-17/h3,9-13,16,25H,4-8,14H2,1-2H3,(H,33,34). The van der Waals surface area contributed by atoms with E-state index in [4.69, 9.17) is 27.9 Å². The molecule has 1 saturated heterocycles. The first-order valence-electron chi connectivity index (χ1n) is 11.6. The number of nitrogens with zero attached hydrogens (tertiary/aromatic N) is 2. The maximum absolute atomic E-state index is 14.3. The van der Waals surface area contributed by atoms with Gasteiger partial charge in [0.05, 0.1) is 29.7 Å². The van der Waals surface area contributed by atoms with Gasteiger partial charge < -0.3 is 9.84 Å². The van der Waals surface area contributed by atoms with Crippen LogP contribution in [0.4, 0.5) is 4.39 Å². The Kier molecular flexibility index (Phi) is 7.42. The fraction of sp³-hybridized carbons (Fsp3) is 0.407. The summed E-state index contributed by atoms with van der Waals surface area (Å²) in [5.74, 6) is -1.45. The fourth-order valence-electron chi connectivity index (χ4n) is 4.82. The number of carboxylic acid groups (broad SMARTS) is 1. The summed E-state index contributed by atoms with van der Waals surface area (Å²) in [6.45, 7) is 5.78. The number of benzene rings is 2. The Hall–Kier alpha value is -2.59. The monoisotopic (exact) mass is 516 g/mol. The van der Waals surface area contributed by atoms with E-state index in [1.807, 2.05) is 32.1 Å². The predicted octanol–water partition coefficient (Wildman–Crippen LogP) is 7.00. The Labute approximate surface area is 214 Å². The van der Waals surface area contributed by atoms with E-state index in [9.17, 15) is 19.6 Å². The minimum atomic E-state index is -1.29. The zero-order valence-corrected chi connectivity index (χ0v) is 21.2. The molecule has 0 spiro atoms. The average Bonchev–Trinajstić information content (AvgIpc) is 3.63. The molecule has 184 valence electrons. The van der Waals surface area contributed by atoms with Crippen LogP contribution in [0.15, 0.2) is 36.4 Å². The van der Waals surface area contributed by atoms with Gasteiger partial charge in [-0.25, -0.2) is 9.18 Å². The van der Waals surface area contributed by atoms with Crippen LogP contribution in [0.1, 0.15) is 60.6 Å². The van der Waals surface area contributed by atoms with E-state index < -0.39 is 17.2 Å². The molecule has 35 heavy (non-hydrogen) atoms. The van der Waals surface area contributed by atoms with E-state index in [-0.39, 0.29) is 17.5 Å². The highest BCUT2D eigenvalue weighted by Crippen LogP contribution is 2.42. The predicted molar refractivity (Wildman–Crippen MR) is 134 cm³/mol. The lowest BCUT2D eigenvalue weighted by Crippen LogP contribution is -2.43. The van der Waals surface area contributed by atoms with E-state index in [2.05, 4.69) is 11.0 Å². The lowest BCUT2D eigenvalue weighted by Gasteiger charge is -2.42. The molecule has 0 saturated carbocycles. The number of allylic oxidation sites excluding steroid dienone is 2. The average molecular weight is 517 g/mol. The second kappa shape index (κ2) is 10.2. The van der Waals surface area contributed by atoms with Crippen LogP contribution in [0, 0.1) is 28.5 Å². The van der Waals surface area contributed by atoms with E-state index in [1.165, 1.54) is 12.1 Å². The number of ether oxygens (including phenoxy) is 1. The zero-order valence-electron chi connectivity index (χ0n) is 19.7. The third kappa shape index (κ3) is 5.81. The molecule has 2 aromatic rings. The molecular formula is C27H27Cl2FN2O3. The molecule has 0 bridgehead atoms. The van der Waals surface area contributed by atoms with Gasteiger partial charge in [-0.15, -0.1) is 0 Å². The van der Waals surface area contributed by atoms with Crippen molar-refractivity contribution < 1.29 is 19.0 Å². The van der Waals surface area contributed by atoms with Gasteiger partial charge in [-0.1, -0.05) is 29.3 Å². The summed E-state index contributed by atoms with van der Waals surface area (Å²) in [6, 6.07) is 10.2. The van der Waals surface area contributed by atoms with Gasteiger partial charge in [-0.05, 0) is 87.5 Å². The van der Waals surface area contributed by atoms with Gasteiger partial charge in [0.1, 0.15) is 11.6 Å². The number of halogens is 3. The SMILES string of the molecule is CC(C)(C#N)C(c1cc(Cl)cc(Cl)c1)N1CCC(COc2cc(F)c(C(=O)O)cc2C2=CC2)CC1. The Bertz CT molecular complexity index is 1190. The molecule has 0 radical (unpaired) electrons. The number of hydrogen-bond acceptors (Lipinski definition) is 4. The molecule has 0 amide bonds. The lowest BCUT2D eigenvalue weighted by atomic mass is 9.79. The minimum Gasteiger partial charge on any atom is -0.493 e. The Morgan fingerprint density at radius 2 is 1.86 bits per heavy atom. The van der Waals surface area contributed by atoms with Gasteiger partial charge >= 0.3 is 5.97 Å². The van der Waals surface area contributed by atoms with Crippen LogP contribution in [0.5, 0.6) is 5.75 Å². The first-order chi connectivity index (χ1) is 16.6. The summed E-state index contributed by atoms with van der Waals surface area (Å²) in [4.78, 5) is 13.6. The van der Waals surface area contributed by atoms with Gasteiger partial charge in [-0.3, -0.25) is 4.90 Å². The van der Waals surface area contributed by atoms with Crippen LogP contribution in [0.3, 0.4) is 0 Å². The van der Waals surface area contributed by atoms with Crippen molar-refractivity contribution in [3.8, 4) is 11.8 Å². The van der Waals surface area contributed by atoms with Crippen LogP contribution < -0.4 is 4.74 Å². The molecule has 1 fully saturated rings. The van der Waals surface area contributed by atoms with Gasteiger partial charge in [0.2, 0.25) is 0 Å². The lowest BCUT2D eigenvalue weighted by molar-refractivity contribution is 0.0662. The summed E-state index contributed by atoms with van der Waals surface area (Å²) < 4.78 is 20.3. The maximum Gasteiger partial charge on any atom is 0.338 e. The third-order valence-corrected chi connectivity index (χ3v) is 7.15. The number of likely N-dealkylation sites (tertiary alicyclic amines) is 1. The fourth-order valence-corrected chi connectivity index (χ4v) is 5.37. The van der Waals surface area contributed by atoms with Gasteiger partial charge in [-0.2, -0.15) is 5.26 Å². The van der Waals surface area contributed by atoms with Crippen LogP contribution in [-0.4, -0.2) is 35.7 Å². The molecule has 5 nitrogen and oxygen atoms in total. The van der Waals surface area contributed by atoms with Gasteiger partial charge in [0, 0.05) is 21.7 Å². The molecule has 8 heteroatoms. The molecule has 1 aliphatic carbocycles. The minimum absolute atomic E-state index is 0.170. The highest BCUT2D eigenvalue weighted by atomic mass is 35.5. The number of nitriles is 1. The Morgan fingerprint density at radius 1 is 1.23 bits per heavy atom. The number of aromatic carboxylic acids is 1. The maximum atomic E-state index is 14.3. The zero-order chi connectivity index (χ0) is 25.3. The summed E-state index contributed by atoms with van der Waals surface area (Å²) in [5, 5.41) is 20.2. The third-order valence-electron chi connectivity index (χ3n) is 6.72. The molecular weight excluding hydrogens is 490 g/mol. The van der Waals surface area contributed by atoms with E-state index in [0.717, 1.165) is 43.5 Å². The first-order valence-corrected chi connectivity index (χ1v) is 12.3. The van der Waals surface area contributed by atoms with Crippen molar-refractivity contribution in [2.75, 3.05) is 19.7 Å². The van der Waals surface area contributed by atoms with Crippen molar-refractivity contribution in [2.45, 2.75) is 39.2 Å². The van der Waals surface area contributed by atoms with Crippen molar-refractivity contribution in [3.05, 3.63) is 69.0 Å². The van der Waals surface area contributed by atoms with Gasteiger partial charge in [0.15, 0.2) is 0 Å². The second-order valence-corrected chi connectivity index (χ2v) is 10.7. The van der Waals surface area contributed by atoms with E-state index >= 15 is 0 Å². The molecule has 1 atom stereocenters. The number of hydrogen-bond donors (Lipinski definition) is 1. The Morgan fingerprint density at radius 3 is 2.40 bits per heavy atom. The topological polar surface area (TPSA) is 73.6 Å². The molecule has 1 N–H and O–H groups in total. The van der Waals surface area contributed by atoms with Gasteiger partial charge in [0.25, 0.3) is 0 Å². The quantitative estimate of drug-likeness (QED) is 0.408. The molecule has 1 heterocycles. The number of carbonyl (C=O) groups is 1. The van der Waals surface area contributed by atoms with Crippen LogP contribution in [0.2, 0.25) is 10.0 Å². The summed E-state index contributed by atoms with van der Waals surface area (Å²) in [6.07, 6.45) is 4.41.